The van der Waals surface area contributed by atoms with Crippen molar-refractivity contribution in [3.8, 4) is 5.69 Å². The first kappa shape index (κ1) is 11.4. The molecule has 0 atom stereocenters. The van der Waals surface area contributed by atoms with Crippen LogP contribution < -0.4 is 5.73 Å². The number of thioether (sulfide) groups is 1. The lowest BCUT2D eigenvalue weighted by Gasteiger charge is -2.02. The van der Waals surface area contributed by atoms with Crippen LogP contribution in [-0.4, -0.2) is 37.0 Å². The Hall–Kier alpha value is -2.09. The van der Waals surface area contributed by atoms with E-state index in [1.54, 1.807) is 4.68 Å². The van der Waals surface area contributed by atoms with Gasteiger partial charge in [-0.15, -0.1) is 5.10 Å². The number of hydrogen-bond acceptors (Lipinski definition) is 6. The minimum atomic E-state index is 0.123. The van der Waals surface area contributed by atoms with Gasteiger partial charge in [-0.05, 0) is 22.6 Å². The molecule has 88 valence electrons. The minimum Gasteiger partial charge on any atom is -0.409 e. The van der Waals surface area contributed by atoms with E-state index in [0.29, 0.717) is 10.9 Å². The molecule has 0 fully saturated rings. The first-order valence-corrected chi connectivity index (χ1v) is 5.73. The topological polar surface area (TPSA) is 102 Å². The standard InChI is InChI=1S/C9H10N6OS/c10-8(12-16)6-17-9-11-13-14-15(9)7-4-2-1-3-5-7/h1-5,16H,6H2,(H2,10,12). The van der Waals surface area contributed by atoms with Gasteiger partial charge >= 0.3 is 0 Å². The van der Waals surface area contributed by atoms with Crippen LogP contribution in [0.4, 0.5) is 0 Å². The minimum absolute atomic E-state index is 0.123. The van der Waals surface area contributed by atoms with Gasteiger partial charge in [0.15, 0.2) is 0 Å². The van der Waals surface area contributed by atoms with Crippen LogP contribution in [0.5, 0.6) is 0 Å². The van der Waals surface area contributed by atoms with Crippen molar-refractivity contribution in [1.82, 2.24) is 20.2 Å². The number of tetrazole rings is 1. The van der Waals surface area contributed by atoms with Crippen LogP contribution in [0.15, 0.2) is 40.6 Å². The highest BCUT2D eigenvalue weighted by Gasteiger charge is 2.09. The average Bonchev–Trinajstić information content (AvgIpc) is 2.85. The third-order valence-electron chi connectivity index (χ3n) is 1.92. The third-order valence-corrected chi connectivity index (χ3v) is 2.87. The van der Waals surface area contributed by atoms with Crippen LogP contribution in [0.2, 0.25) is 0 Å². The zero-order valence-corrected chi connectivity index (χ0v) is 9.58. The number of nitrogens with zero attached hydrogens (tertiary/aromatic N) is 5. The molecule has 8 heteroatoms. The van der Waals surface area contributed by atoms with E-state index in [0.717, 1.165) is 5.69 Å². The van der Waals surface area contributed by atoms with Crippen molar-refractivity contribution in [2.45, 2.75) is 5.16 Å². The summed E-state index contributed by atoms with van der Waals surface area (Å²) in [5.41, 5.74) is 6.24. The molecule has 1 aromatic carbocycles. The van der Waals surface area contributed by atoms with Crippen molar-refractivity contribution in [2.24, 2.45) is 10.9 Å². The highest BCUT2D eigenvalue weighted by atomic mass is 32.2. The number of rotatable bonds is 4. The Kier molecular flexibility index (Phi) is 3.55. The number of oxime groups is 1. The summed E-state index contributed by atoms with van der Waals surface area (Å²) < 4.78 is 1.59. The molecule has 2 aromatic rings. The summed E-state index contributed by atoms with van der Waals surface area (Å²) in [4.78, 5) is 0. The second kappa shape index (κ2) is 5.30. The Morgan fingerprint density at radius 1 is 1.41 bits per heavy atom. The van der Waals surface area contributed by atoms with Crippen molar-refractivity contribution in [1.29, 1.82) is 0 Å². The molecule has 0 spiro atoms. The van der Waals surface area contributed by atoms with Crippen LogP contribution in [0.1, 0.15) is 0 Å². The lowest BCUT2D eigenvalue weighted by atomic mass is 10.3. The summed E-state index contributed by atoms with van der Waals surface area (Å²) in [5.74, 6) is 0.446. The molecule has 0 aliphatic carbocycles. The largest absolute Gasteiger partial charge is 0.409 e. The van der Waals surface area contributed by atoms with Gasteiger partial charge < -0.3 is 10.9 Å². The molecule has 2 rings (SSSR count). The monoisotopic (exact) mass is 250 g/mol. The van der Waals surface area contributed by atoms with E-state index in [2.05, 4.69) is 20.7 Å². The summed E-state index contributed by atoms with van der Waals surface area (Å²) in [6.07, 6.45) is 0. The molecule has 0 unspecified atom stereocenters. The molecule has 0 bridgehead atoms. The van der Waals surface area contributed by atoms with Crippen LogP contribution in [0, 0.1) is 0 Å². The molecule has 1 aromatic heterocycles. The molecule has 1 heterocycles. The highest BCUT2D eigenvalue weighted by molar-refractivity contribution is 7.99. The van der Waals surface area contributed by atoms with Gasteiger partial charge in [0.1, 0.15) is 5.84 Å². The molecule has 3 N–H and O–H groups in total. The number of hydrogen-bond donors (Lipinski definition) is 2. The van der Waals surface area contributed by atoms with Crippen molar-refractivity contribution in [3.05, 3.63) is 30.3 Å². The summed E-state index contributed by atoms with van der Waals surface area (Å²) in [6.45, 7) is 0. The molecule has 0 saturated carbocycles. The van der Waals surface area contributed by atoms with Crippen molar-refractivity contribution in [3.63, 3.8) is 0 Å². The van der Waals surface area contributed by atoms with Gasteiger partial charge in [0.05, 0.1) is 11.4 Å². The zero-order chi connectivity index (χ0) is 12.1. The van der Waals surface area contributed by atoms with Gasteiger partial charge in [-0.3, -0.25) is 0 Å². The molecular weight excluding hydrogens is 240 g/mol. The Balaban J connectivity index is 2.18. The second-order valence-electron chi connectivity index (χ2n) is 3.09. The van der Waals surface area contributed by atoms with Gasteiger partial charge in [0, 0.05) is 0 Å². The summed E-state index contributed by atoms with van der Waals surface area (Å²) in [6, 6.07) is 9.49. The fraction of sp³-hybridized carbons (Fsp3) is 0.111. The second-order valence-corrected chi connectivity index (χ2v) is 4.03. The van der Waals surface area contributed by atoms with E-state index in [9.17, 15) is 0 Å². The zero-order valence-electron chi connectivity index (χ0n) is 8.76. The molecule has 7 nitrogen and oxygen atoms in total. The summed E-state index contributed by atoms with van der Waals surface area (Å²) in [7, 11) is 0. The SMILES string of the molecule is N/C(CSc1nnnn1-c1ccccc1)=N\O. The van der Waals surface area contributed by atoms with E-state index in [4.69, 9.17) is 10.9 Å². The molecule has 0 radical (unpaired) electrons. The maximum absolute atomic E-state index is 8.44. The first-order valence-electron chi connectivity index (χ1n) is 4.74. The van der Waals surface area contributed by atoms with Gasteiger partial charge in [-0.25, -0.2) is 0 Å². The quantitative estimate of drug-likeness (QED) is 0.269. The van der Waals surface area contributed by atoms with Gasteiger partial charge in [-0.2, -0.15) is 4.68 Å². The van der Waals surface area contributed by atoms with Gasteiger partial charge in [-0.1, -0.05) is 35.1 Å². The van der Waals surface area contributed by atoms with E-state index >= 15 is 0 Å². The number of para-hydroxylation sites is 1. The smallest absolute Gasteiger partial charge is 0.214 e. The van der Waals surface area contributed by atoms with E-state index in [-0.39, 0.29) is 5.84 Å². The maximum atomic E-state index is 8.44. The van der Waals surface area contributed by atoms with Crippen molar-refractivity contribution < 1.29 is 5.21 Å². The van der Waals surface area contributed by atoms with Crippen LogP contribution in [-0.2, 0) is 0 Å². The fourth-order valence-corrected chi connectivity index (χ4v) is 1.86. The molecule has 0 aliphatic rings. The average molecular weight is 250 g/mol. The molecule has 0 saturated heterocycles. The third kappa shape index (κ3) is 2.72. The van der Waals surface area contributed by atoms with Crippen LogP contribution in [0.3, 0.4) is 0 Å². The van der Waals surface area contributed by atoms with Crippen LogP contribution in [0.25, 0.3) is 5.69 Å². The summed E-state index contributed by atoms with van der Waals surface area (Å²) >= 11 is 1.29. The number of nitrogens with two attached hydrogens (primary N) is 1. The van der Waals surface area contributed by atoms with E-state index in [1.165, 1.54) is 11.8 Å². The lowest BCUT2D eigenvalue weighted by Crippen LogP contribution is -2.14. The normalized spacial score (nSPS) is 11.6. The lowest BCUT2D eigenvalue weighted by molar-refractivity contribution is 0.318. The van der Waals surface area contributed by atoms with Gasteiger partial charge in [0.25, 0.3) is 0 Å². The number of amidine groups is 1. The number of benzene rings is 1. The molecule has 0 amide bonds. The maximum Gasteiger partial charge on any atom is 0.214 e. The molecule has 17 heavy (non-hydrogen) atoms. The fourth-order valence-electron chi connectivity index (χ4n) is 1.17. The Morgan fingerprint density at radius 2 is 2.18 bits per heavy atom. The molecule has 0 aliphatic heterocycles. The Labute approximate surface area is 101 Å². The van der Waals surface area contributed by atoms with Gasteiger partial charge in [0.2, 0.25) is 5.16 Å². The molecular formula is C9H10N6OS. The van der Waals surface area contributed by atoms with Crippen molar-refractivity contribution in [2.75, 3.05) is 5.75 Å². The van der Waals surface area contributed by atoms with E-state index < -0.39 is 0 Å². The van der Waals surface area contributed by atoms with E-state index in [1.807, 2.05) is 30.3 Å². The Morgan fingerprint density at radius 3 is 2.88 bits per heavy atom. The Bertz CT molecular complexity index is 511. The predicted molar refractivity (Wildman–Crippen MR) is 63.3 cm³/mol. The number of aromatic nitrogens is 4. The summed E-state index contributed by atoms with van der Waals surface area (Å²) in [5, 5.41) is 23.3. The van der Waals surface area contributed by atoms with Crippen molar-refractivity contribution >= 4 is 17.6 Å². The highest BCUT2D eigenvalue weighted by Crippen LogP contribution is 2.17. The van der Waals surface area contributed by atoms with Crippen LogP contribution >= 0.6 is 11.8 Å². The first-order chi connectivity index (χ1) is 8.31. The predicted octanol–water partition coefficient (Wildman–Crippen LogP) is 0.501.